The lowest BCUT2D eigenvalue weighted by Crippen LogP contribution is -1.95. The van der Waals surface area contributed by atoms with Gasteiger partial charge in [0.2, 0.25) is 11.7 Å². The van der Waals surface area contributed by atoms with Gasteiger partial charge in [-0.15, -0.1) is 11.3 Å². The van der Waals surface area contributed by atoms with Gasteiger partial charge in [-0.2, -0.15) is 4.98 Å². The van der Waals surface area contributed by atoms with Gasteiger partial charge >= 0.3 is 0 Å². The predicted molar refractivity (Wildman–Crippen MR) is 72.8 cm³/mol. The number of para-hydroxylation sites is 1. The Balaban J connectivity index is 1.88. The van der Waals surface area contributed by atoms with E-state index in [1.807, 2.05) is 12.1 Å². The number of hydrogen-bond acceptors (Lipinski definition) is 6. The molecule has 4 rings (SSSR count). The number of nitrogens with two attached hydrogens (primary N) is 1. The molecule has 1 aromatic carbocycles. The molecule has 0 radical (unpaired) electrons. The van der Waals surface area contributed by atoms with Gasteiger partial charge in [-0.05, 0) is 25.0 Å². The van der Waals surface area contributed by atoms with Crippen LogP contribution in [0, 0.1) is 0 Å². The Hall–Kier alpha value is -1.79. The third-order valence-corrected chi connectivity index (χ3v) is 4.43. The van der Waals surface area contributed by atoms with Gasteiger partial charge in [0.15, 0.2) is 0 Å². The molecule has 0 saturated heterocycles. The smallest absolute Gasteiger partial charge is 0.240 e. The van der Waals surface area contributed by atoms with Gasteiger partial charge in [-0.1, -0.05) is 11.2 Å². The standard InChI is InChI=1S/C13H12N4OS/c14-6-10-15-12(17-18-10)8-2-1-3-9-11(8)16-13(19-9)7-4-5-7/h1-3,7H,4-6,14H2. The van der Waals surface area contributed by atoms with Crippen molar-refractivity contribution >= 4 is 21.6 Å². The van der Waals surface area contributed by atoms with Gasteiger partial charge in [0.05, 0.1) is 21.8 Å². The van der Waals surface area contributed by atoms with E-state index in [1.54, 1.807) is 11.3 Å². The van der Waals surface area contributed by atoms with E-state index in [2.05, 4.69) is 16.2 Å². The van der Waals surface area contributed by atoms with Crippen LogP contribution in [0.5, 0.6) is 0 Å². The van der Waals surface area contributed by atoms with Crippen LogP contribution in [0.1, 0.15) is 29.7 Å². The second-order valence-corrected chi connectivity index (χ2v) is 5.76. The zero-order valence-electron chi connectivity index (χ0n) is 10.2. The van der Waals surface area contributed by atoms with Crippen molar-refractivity contribution < 1.29 is 4.52 Å². The molecule has 6 heteroatoms. The first-order valence-corrected chi connectivity index (χ1v) is 7.09. The summed E-state index contributed by atoms with van der Waals surface area (Å²) in [5, 5.41) is 5.20. The summed E-state index contributed by atoms with van der Waals surface area (Å²) in [4.78, 5) is 9.03. The van der Waals surface area contributed by atoms with Crippen LogP contribution in [0.3, 0.4) is 0 Å². The van der Waals surface area contributed by atoms with Crippen LogP contribution in [0.4, 0.5) is 0 Å². The van der Waals surface area contributed by atoms with E-state index in [1.165, 1.54) is 22.5 Å². The zero-order valence-corrected chi connectivity index (χ0v) is 11.0. The molecule has 0 spiro atoms. The highest BCUT2D eigenvalue weighted by Gasteiger charge is 2.27. The first-order valence-electron chi connectivity index (χ1n) is 6.27. The molecule has 2 N–H and O–H groups in total. The number of aromatic nitrogens is 3. The fourth-order valence-corrected chi connectivity index (χ4v) is 3.26. The number of nitrogens with zero attached hydrogens (tertiary/aromatic N) is 3. The van der Waals surface area contributed by atoms with Gasteiger partial charge in [0.1, 0.15) is 0 Å². The first-order chi connectivity index (χ1) is 9.35. The van der Waals surface area contributed by atoms with Gasteiger partial charge in [0, 0.05) is 11.5 Å². The maximum absolute atomic E-state index is 5.50. The molecule has 0 aliphatic heterocycles. The quantitative estimate of drug-likeness (QED) is 0.793. The second kappa shape index (κ2) is 4.11. The minimum Gasteiger partial charge on any atom is -0.338 e. The molecule has 1 aliphatic carbocycles. The number of thiazole rings is 1. The summed E-state index contributed by atoms with van der Waals surface area (Å²) in [6.07, 6.45) is 2.52. The van der Waals surface area contributed by atoms with Crippen molar-refractivity contribution in [2.45, 2.75) is 25.3 Å². The molecule has 2 heterocycles. The molecule has 3 aromatic rings. The summed E-state index contributed by atoms with van der Waals surface area (Å²) in [5.74, 6) is 1.68. The van der Waals surface area contributed by atoms with E-state index in [9.17, 15) is 0 Å². The van der Waals surface area contributed by atoms with Crippen molar-refractivity contribution in [3.63, 3.8) is 0 Å². The highest BCUT2D eigenvalue weighted by Crippen LogP contribution is 2.44. The molecular formula is C13H12N4OS. The maximum Gasteiger partial charge on any atom is 0.240 e. The lowest BCUT2D eigenvalue weighted by Gasteiger charge is -1.94. The Bertz CT molecular complexity index is 744. The first kappa shape index (κ1) is 11.1. The fourth-order valence-electron chi connectivity index (χ4n) is 2.10. The number of rotatable bonds is 3. The molecule has 0 atom stereocenters. The van der Waals surface area contributed by atoms with Crippen molar-refractivity contribution in [2.75, 3.05) is 0 Å². The summed E-state index contributed by atoms with van der Waals surface area (Å²) in [6.45, 7) is 0.257. The minimum absolute atomic E-state index is 0.257. The Morgan fingerprint density at radius 3 is 2.95 bits per heavy atom. The molecular weight excluding hydrogens is 260 g/mol. The van der Waals surface area contributed by atoms with E-state index < -0.39 is 0 Å². The summed E-state index contributed by atoms with van der Waals surface area (Å²) in [5.41, 5.74) is 7.39. The Labute approximate surface area is 113 Å². The summed E-state index contributed by atoms with van der Waals surface area (Å²) >= 11 is 1.77. The maximum atomic E-state index is 5.50. The monoisotopic (exact) mass is 272 g/mol. The molecule has 1 aliphatic rings. The third-order valence-electron chi connectivity index (χ3n) is 3.25. The zero-order chi connectivity index (χ0) is 12.8. The average molecular weight is 272 g/mol. The van der Waals surface area contributed by atoms with Crippen molar-refractivity contribution in [1.82, 2.24) is 15.1 Å². The van der Waals surface area contributed by atoms with Crippen LogP contribution < -0.4 is 5.73 Å². The van der Waals surface area contributed by atoms with E-state index in [-0.39, 0.29) is 6.54 Å². The molecule has 0 amide bonds. The van der Waals surface area contributed by atoms with E-state index in [0.29, 0.717) is 17.6 Å². The summed E-state index contributed by atoms with van der Waals surface area (Å²) < 4.78 is 6.25. The van der Waals surface area contributed by atoms with Crippen LogP contribution in [-0.2, 0) is 6.54 Å². The normalized spacial score (nSPS) is 15.2. The fraction of sp³-hybridized carbons (Fsp3) is 0.308. The van der Waals surface area contributed by atoms with Crippen molar-refractivity contribution in [3.05, 3.63) is 29.1 Å². The molecule has 1 saturated carbocycles. The predicted octanol–water partition coefficient (Wildman–Crippen LogP) is 2.68. The second-order valence-electron chi connectivity index (χ2n) is 4.69. The number of benzene rings is 1. The summed E-state index contributed by atoms with van der Waals surface area (Å²) in [6, 6.07) is 6.07. The molecule has 96 valence electrons. The van der Waals surface area contributed by atoms with Gasteiger partial charge < -0.3 is 10.3 Å². The molecule has 0 unspecified atom stereocenters. The van der Waals surface area contributed by atoms with Crippen LogP contribution in [0.15, 0.2) is 22.7 Å². The molecule has 0 bridgehead atoms. The van der Waals surface area contributed by atoms with Crippen molar-refractivity contribution in [2.24, 2.45) is 5.73 Å². The Kier molecular flexibility index (Phi) is 2.39. The van der Waals surface area contributed by atoms with Crippen molar-refractivity contribution in [3.8, 4) is 11.4 Å². The number of hydrogen-bond donors (Lipinski definition) is 1. The Morgan fingerprint density at radius 2 is 2.21 bits per heavy atom. The lowest BCUT2D eigenvalue weighted by atomic mass is 10.2. The molecule has 1 fully saturated rings. The highest BCUT2D eigenvalue weighted by molar-refractivity contribution is 7.18. The van der Waals surface area contributed by atoms with Crippen LogP contribution in [0.2, 0.25) is 0 Å². The van der Waals surface area contributed by atoms with Crippen LogP contribution in [0.25, 0.3) is 21.6 Å². The third kappa shape index (κ3) is 1.84. The van der Waals surface area contributed by atoms with Crippen LogP contribution >= 0.6 is 11.3 Å². The molecule has 2 aromatic heterocycles. The van der Waals surface area contributed by atoms with E-state index in [0.717, 1.165) is 11.1 Å². The average Bonchev–Trinajstić information content (AvgIpc) is 3.03. The van der Waals surface area contributed by atoms with Crippen molar-refractivity contribution in [1.29, 1.82) is 0 Å². The van der Waals surface area contributed by atoms with E-state index in [4.69, 9.17) is 15.2 Å². The summed E-state index contributed by atoms with van der Waals surface area (Å²) in [7, 11) is 0. The van der Waals surface area contributed by atoms with Gasteiger partial charge in [-0.25, -0.2) is 4.98 Å². The van der Waals surface area contributed by atoms with Gasteiger partial charge in [0.25, 0.3) is 0 Å². The number of fused-ring (bicyclic) bond motifs is 1. The van der Waals surface area contributed by atoms with E-state index >= 15 is 0 Å². The van der Waals surface area contributed by atoms with Gasteiger partial charge in [-0.3, -0.25) is 0 Å². The highest BCUT2D eigenvalue weighted by atomic mass is 32.1. The lowest BCUT2D eigenvalue weighted by molar-refractivity contribution is 0.380. The topological polar surface area (TPSA) is 77.8 Å². The molecule has 5 nitrogen and oxygen atoms in total. The minimum atomic E-state index is 0.257. The Morgan fingerprint density at radius 1 is 1.32 bits per heavy atom. The SMILES string of the molecule is NCc1nc(-c2cccc3sc(C4CC4)nc23)no1. The van der Waals surface area contributed by atoms with Crippen LogP contribution in [-0.4, -0.2) is 15.1 Å². The molecule has 19 heavy (non-hydrogen) atoms. The largest absolute Gasteiger partial charge is 0.338 e.